The highest BCUT2D eigenvalue weighted by Gasteiger charge is 2.11. The smallest absolute Gasteiger partial charge is 0.182 e. The Morgan fingerprint density at radius 2 is 1.82 bits per heavy atom. The van der Waals surface area contributed by atoms with Crippen LogP contribution >= 0.6 is 0 Å². The van der Waals surface area contributed by atoms with Crippen molar-refractivity contribution in [2.75, 3.05) is 0 Å². The molecule has 3 nitrogen and oxygen atoms in total. The summed E-state index contributed by atoms with van der Waals surface area (Å²) in [6, 6.07) is 12.3. The molecule has 0 aliphatic heterocycles. The molecule has 3 rings (SSSR count). The summed E-state index contributed by atoms with van der Waals surface area (Å²) < 4.78 is 0. The van der Waals surface area contributed by atoms with Crippen LogP contribution in [0.25, 0.3) is 22.3 Å². The van der Waals surface area contributed by atoms with Gasteiger partial charge in [0.2, 0.25) is 0 Å². The molecule has 0 spiro atoms. The molecule has 2 heterocycles. The molecule has 3 aromatic rings. The van der Waals surface area contributed by atoms with E-state index in [0.29, 0.717) is 0 Å². The molecule has 0 bridgehead atoms. The van der Waals surface area contributed by atoms with Gasteiger partial charge in [-0.1, -0.05) is 30.3 Å². The van der Waals surface area contributed by atoms with E-state index in [1.807, 2.05) is 25.1 Å². The maximum atomic E-state index is 4.44. The highest BCUT2D eigenvalue weighted by molar-refractivity contribution is 5.93. The lowest BCUT2D eigenvalue weighted by molar-refractivity contribution is 1.09. The fourth-order valence-corrected chi connectivity index (χ4v) is 2.19. The van der Waals surface area contributed by atoms with E-state index in [-0.39, 0.29) is 0 Å². The first kappa shape index (κ1) is 10.0. The number of benzene rings is 1. The van der Waals surface area contributed by atoms with Crippen molar-refractivity contribution in [3.63, 3.8) is 0 Å². The van der Waals surface area contributed by atoms with E-state index in [2.05, 4.69) is 40.3 Å². The summed E-state index contributed by atoms with van der Waals surface area (Å²) in [6.45, 7) is 4.09. The lowest BCUT2D eigenvalue weighted by atomic mass is 10.1. The predicted octanol–water partition coefficient (Wildman–Crippen LogP) is 3.24. The molecule has 0 amide bonds. The zero-order chi connectivity index (χ0) is 11.8. The Hall–Kier alpha value is -2.16. The monoisotopic (exact) mass is 223 g/mol. The predicted molar refractivity (Wildman–Crippen MR) is 68.8 cm³/mol. The van der Waals surface area contributed by atoms with Crippen LogP contribution in [-0.2, 0) is 0 Å². The molecule has 0 radical (unpaired) electrons. The van der Waals surface area contributed by atoms with Gasteiger partial charge in [0.15, 0.2) is 5.65 Å². The minimum atomic E-state index is 0.793. The number of fused-ring (bicyclic) bond motifs is 1. The maximum absolute atomic E-state index is 4.44. The fourth-order valence-electron chi connectivity index (χ4n) is 2.19. The van der Waals surface area contributed by atoms with E-state index in [9.17, 15) is 0 Å². The third-order valence-corrected chi connectivity index (χ3v) is 2.91. The molecule has 0 saturated heterocycles. The summed E-state index contributed by atoms with van der Waals surface area (Å²) >= 11 is 0. The average Bonchev–Trinajstić information content (AvgIpc) is 2.74. The lowest BCUT2D eigenvalue weighted by Crippen LogP contribution is -1.86. The molecule has 2 aromatic heterocycles. The molecular weight excluding hydrogens is 210 g/mol. The van der Waals surface area contributed by atoms with Crippen molar-refractivity contribution < 1.29 is 0 Å². The highest BCUT2D eigenvalue weighted by atomic mass is 15.1. The zero-order valence-electron chi connectivity index (χ0n) is 9.86. The topological polar surface area (TPSA) is 41.6 Å². The standard InChI is InChI=1S/C14H13N3/c1-9-8-10(2)15-14-12(9)13(16-17-14)11-6-4-3-5-7-11/h3-8H,1-2H3,(H,15,16,17). The van der Waals surface area contributed by atoms with Crippen LogP contribution in [0.2, 0.25) is 0 Å². The van der Waals surface area contributed by atoms with Crippen LogP contribution < -0.4 is 0 Å². The minimum absolute atomic E-state index is 0.793. The second-order valence-electron chi connectivity index (χ2n) is 4.24. The Kier molecular flexibility index (Phi) is 2.18. The van der Waals surface area contributed by atoms with Crippen molar-refractivity contribution in [2.24, 2.45) is 0 Å². The van der Waals surface area contributed by atoms with Gasteiger partial charge in [0.1, 0.15) is 0 Å². The Morgan fingerprint density at radius 3 is 2.59 bits per heavy atom. The summed E-state index contributed by atoms with van der Waals surface area (Å²) in [5.41, 5.74) is 5.19. The summed E-state index contributed by atoms with van der Waals surface area (Å²) in [4.78, 5) is 4.44. The number of nitrogens with one attached hydrogen (secondary N) is 1. The largest absolute Gasteiger partial charge is 0.275 e. The average molecular weight is 223 g/mol. The second kappa shape index (κ2) is 3.70. The van der Waals surface area contributed by atoms with Gasteiger partial charge in [0.25, 0.3) is 0 Å². The van der Waals surface area contributed by atoms with E-state index >= 15 is 0 Å². The van der Waals surface area contributed by atoms with Crippen LogP contribution in [0.15, 0.2) is 36.4 Å². The van der Waals surface area contributed by atoms with Gasteiger partial charge in [-0.15, -0.1) is 0 Å². The Labute approximate surface area is 99.5 Å². The number of hydrogen-bond acceptors (Lipinski definition) is 2. The van der Waals surface area contributed by atoms with Crippen LogP contribution in [0.1, 0.15) is 11.3 Å². The fraction of sp³-hybridized carbons (Fsp3) is 0.143. The first-order valence-corrected chi connectivity index (χ1v) is 5.63. The Bertz CT molecular complexity index is 669. The van der Waals surface area contributed by atoms with Gasteiger partial charge in [-0.25, -0.2) is 4.98 Å². The van der Waals surface area contributed by atoms with Crippen LogP contribution in [0, 0.1) is 13.8 Å². The summed E-state index contributed by atoms with van der Waals surface area (Å²) in [7, 11) is 0. The first-order chi connectivity index (χ1) is 8.25. The van der Waals surface area contributed by atoms with Crippen LogP contribution in [-0.4, -0.2) is 15.2 Å². The number of pyridine rings is 1. The number of aryl methyl sites for hydroxylation is 2. The molecule has 3 heteroatoms. The van der Waals surface area contributed by atoms with Gasteiger partial charge in [0.05, 0.1) is 5.69 Å². The van der Waals surface area contributed by atoms with Gasteiger partial charge < -0.3 is 0 Å². The molecule has 0 fully saturated rings. The van der Waals surface area contributed by atoms with Crippen molar-refractivity contribution in [3.05, 3.63) is 47.7 Å². The minimum Gasteiger partial charge on any atom is -0.275 e. The lowest BCUT2D eigenvalue weighted by Gasteiger charge is -2.01. The number of aromatic amines is 1. The molecular formula is C14H13N3. The molecule has 1 aromatic carbocycles. The van der Waals surface area contributed by atoms with Crippen molar-refractivity contribution in [2.45, 2.75) is 13.8 Å². The van der Waals surface area contributed by atoms with E-state index in [1.165, 1.54) is 5.56 Å². The van der Waals surface area contributed by atoms with Gasteiger partial charge in [-0.2, -0.15) is 5.10 Å². The van der Waals surface area contributed by atoms with Gasteiger partial charge >= 0.3 is 0 Å². The van der Waals surface area contributed by atoms with Crippen LogP contribution in [0.4, 0.5) is 0 Å². The summed E-state index contributed by atoms with van der Waals surface area (Å²) in [6.07, 6.45) is 0. The number of hydrogen-bond donors (Lipinski definition) is 1. The maximum Gasteiger partial charge on any atom is 0.182 e. The SMILES string of the molecule is Cc1cc(C)c2c(-c3ccccc3)[nH]nc2n1. The van der Waals surface area contributed by atoms with Crippen LogP contribution in [0.5, 0.6) is 0 Å². The van der Waals surface area contributed by atoms with Crippen molar-refractivity contribution in [1.82, 2.24) is 15.2 Å². The van der Waals surface area contributed by atoms with Gasteiger partial charge in [-0.3, -0.25) is 5.10 Å². The van der Waals surface area contributed by atoms with E-state index in [1.54, 1.807) is 0 Å². The molecule has 1 N–H and O–H groups in total. The van der Waals surface area contributed by atoms with Crippen molar-refractivity contribution in [3.8, 4) is 11.3 Å². The van der Waals surface area contributed by atoms with E-state index in [0.717, 1.165) is 28.0 Å². The molecule has 0 aliphatic carbocycles. The Balaban J connectivity index is 2.32. The Morgan fingerprint density at radius 1 is 1.06 bits per heavy atom. The van der Waals surface area contributed by atoms with Gasteiger partial charge in [-0.05, 0) is 25.5 Å². The number of aromatic nitrogens is 3. The van der Waals surface area contributed by atoms with Crippen LogP contribution in [0.3, 0.4) is 0 Å². The molecule has 0 aliphatic rings. The first-order valence-electron chi connectivity index (χ1n) is 5.63. The second-order valence-corrected chi connectivity index (χ2v) is 4.24. The normalized spacial score (nSPS) is 10.9. The number of rotatable bonds is 1. The van der Waals surface area contributed by atoms with Gasteiger partial charge in [0, 0.05) is 16.6 Å². The highest BCUT2D eigenvalue weighted by Crippen LogP contribution is 2.27. The summed E-state index contributed by atoms with van der Waals surface area (Å²) in [5.74, 6) is 0. The molecule has 84 valence electrons. The summed E-state index contributed by atoms with van der Waals surface area (Å²) in [5, 5.41) is 8.48. The van der Waals surface area contributed by atoms with Crippen molar-refractivity contribution in [1.29, 1.82) is 0 Å². The molecule has 17 heavy (non-hydrogen) atoms. The quantitative estimate of drug-likeness (QED) is 0.688. The molecule has 0 saturated carbocycles. The van der Waals surface area contributed by atoms with Crippen molar-refractivity contribution >= 4 is 11.0 Å². The van der Waals surface area contributed by atoms with E-state index < -0.39 is 0 Å². The third kappa shape index (κ3) is 1.60. The number of H-pyrrole nitrogens is 1. The number of nitrogens with zero attached hydrogens (tertiary/aromatic N) is 2. The zero-order valence-corrected chi connectivity index (χ0v) is 9.86. The molecule has 0 atom stereocenters. The molecule has 0 unspecified atom stereocenters. The van der Waals surface area contributed by atoms with E-state index in [4.69, 9.17) is 0 Å². The third-order valence-electron chi connectivity index (χ3n) is 2.91.